The monoisotopic (exact) mass is 444 g/mol. The number of amides is 1. The molecule has 0 bridgehead atoms. The van der Waals surface area contributed by atoms with Crippen LogP contribution in [0.2, 0.25) is 0 Å². The molecule has 1 saturated heterocycles. The summed E-state index contributed by atoms with van der Waals surface area (Å²) in [4.78, 5) is 20.7. The number of alkyl halides is 2. The summed E-state index contributed by atoms with van der Waals surface area (Å²) in [6, 6.07) is 14.7. The number of ether oxygens (including phenoxy) is 1. The SMILES string of the molecule is CCNC(=NCc1ccccc1CN1CCCC1=O)N(C)Cc1ccc(OC(F)F)cc1. The number of aliphatic imine (C=N–C) groups is 1. The van der Waals surface area contributed by atoms with Crippen molar-refractivity contribution in [3.05, 3.63) is 65.2 Å². The van der Waals surface area contributed by atoms with E-state index in [-0.39, 0.29) is 11.7 Å². The molecule has 8 heteroatoms. The summed E-state index contributed by atoms with van der Waals surface area (Å²) in [5.41, 5.74) is 3.15. The fourth-order valence-electron chi connectivity index (χ4n) is 3.70. The number of nitrogens with zero attached hydrogens (tertiary/aromatic N) is 3. The van der Waals surface area contributed by atoms with Gasteiger partial charge < -0.3 is 19.9 Å². The molecule has 1 N–H and O–H groups in total. The molecule has 1 aliphatic heterocycles. The van der Waals surface area contributed by atoms with Crippen LogP contribution in [0.5, 0.6) is 5.75 Å². The number of carbonyl (C=O) groups is 1. The summed E-state index contributed by atoms with van der Waals surface area (Å²) in [6.07, 6.45) is 1.55. The first-order valence-electron chi connectivity index (χ1n) is 10.8. The minimum absolute atomic E-state index is 0.139. The molecule has 1 heterocycles. The van der Waals surface area contributed by atoms with Crippen molar-refractivity contribution < 1.29 is 18.3 Å². The zero-order valence-corrected chi connectivity index (χ0v) is 18.6. The van der Waals surface area contributed by atoms with Gasteiger partial charge in [0, 0.05) is 39.6 Å². The molecule has 0 unspecified atom stereocenters. The molecule has 0 atom stereocenters. The lowest BCUT2D eigenvalue weighted by molar-refractivity contribution is -0.128. The Morgan fingerprint density at radius 3 is 2.53 bits per heavy atom. The van der Waals surface area contributed by atoms with Crippen molar-refractivity contribution in [2.24, 2.45) is 4.99 Å². The summed E-state index contributed by atoms with van der Waals surface area (Å²) in [6.45, 7) is 2.37. The van der Waals surface area contributed by atoms with Crippen molar-refractivity contribution in [3.63, 3.8) is 0 Å². The third-order valence-corrected chi connectivity index (χ3v) is 5.31. The molecule has 0 saturated carbocycles. The van der Waals surface area contributed by atoms with Gasteiger partial charge in [-0.05, 0) is 42.2 Å². The minimum Gasteiger partial charge on any atom is -0.435 e. The lowest BCUT2D eigenvalue weighted by atomic mass is 10.1. The van der Waals surface area contributed by atoms with Crippen LogP contribution >= 0.6 is 0 Å². The van der Waals surface area contributed by atoms with E-state index in [1.807, 2.05) is 42.0 Å². The Hall–Kier alpha value is -3.16. The molecule has 3 rings (SSSR count). The number of likely N-dealkylation sites (tertiary alicyclic amines) is 1. The molecule has 6 nitrogen and oxygen atoms in total. The Labute approximate surface area is 187 Å². The Morgan fingerprint density at radius 1 is 1.19 bits per heavy atom. The molecule has 0 radical (unpaired) electrons. The summed E-state index contributed by atoms with van der Waals surface area (Å²) in [5, 5.41) is 3.30. The predicted octanol–water partition coefficient (Wildman–Crippen LogP) is 4.01. The predicted molar refractivity (Wildman–Crippen MR) is 120 cm³/mol. The van der Waals surface area contributed by atoms with Crippen molar-refractivity contribution in [3.8, 4) is 5.75 Å². The van der Waals surface area contributed by atoms with Gasteiger partial charge in [-0.2, -0.15) is 8.78 Å². The fraction of sp³-hybridized carbons (Fsp3) is 0.417. The molecule has 32 heavy (non-hydrogen) atoms. The molecule has 0 aromatic heterocycles. The van der Waals surface area contributed by atoms with Gasteiger partial charge in [0.25, 0.3) is 0 Å². The van der Waals surface area contributed by atoms with Crippen LogP contribution in [0, 0.1) is 0 Å². The minimum atomic E-state index is -2.83. The second-order valence-corrected chi connectivity index (χ2v) is 7.74. The number of nitrogens with one attached hydrogen (secondary N) is 1. The summed E-state index contributed by atoms with van der Waals surface area (Å²) < 4.78 is 29.1. The maximum absolute atomic E-state index is 12.3. The fourth-order valence-corrected chi connectivity index (χ4v) is 3.70. The van der Waals surface area contributed by atoms with Crippen molar-refractivity contribution >= 4 is 11.9 Å². The van der Waals surface area contributed by atoms with E-state index in [0.29, 0.717) is 32.6 Å². The van der Waals surface area contributed by atoms with Gasteiger partial charge in [0.15, 0.2) is 5.96 Å². The maximum atomic E-state index is 12.3. The van der Waals surface area contributed by atoms with Gasteiger partial charge in [-0.3, -0.25) is 4.79 Å². The third kappa shape index (κ3) is 6.67. The lowest BCUT2D eigenvalue weighted by Crippen LogP contribution is -2.38. The van der Waals surface area contributed by atoms with E-state index in [1.54, 1.807) is 12.1 Å². The molecule has 2 aromatic carbocycles. The Bertz CT molecular complexity index is 918. The second kappa shape index (κ2) is 11.5. The molecule has 172 valence electrons. The number of hydrogen-bond acceptors (Lipinski definition) is 3. The molecule has 1 amide bonds. The van der Waals surface area contributed by atoms with E-state index in [2.05, 4.69) is 16.1 Å². The van der Waals surface area contributed by atoms with Gasteiger partial charge in [0.1, 0.15) is 5.75 Å². The van der Waals surface area contributed by atoms with Gasteiger partial charge >= 0.3 is 6.61 Å². The van der Waals surface area contributed by atoms with Crippen LogP contribution in [0.4, 0.5) is 8.78 Å². The van der Waals surface area contributed by atoms with E-state index in [1.165, 1.54) is 12.1 Å². The number of guanidine groups is 1. The summed E-state index contributed by atoms with van der Waals surface area (Å²) in [5.74, 6) is 1.09. The molecule has 1 aliphatic rings. The average Bonchev–Trinajstić information content (AvgIpc) is 3.17. The van der Waals surface area contributed by atoms with E-state index in [9.17, 15) is 13.6 Å². The summed E-state index contributed by atoms with van der Waals surface area (Å²) in [7, 11) is 1.93. The smallest absolute Gasteiger partial charge is 0.387 e. The zero-order valence-electron chi connectivity index (χ0n) is 18.6. The van der Waals surface area contributed by atoms with Crippen LogP contribution in [0.15, 0.2) is 53.5 Å². The molecular formula is C24H30F2N4O2. The number of hydrogen-bond donors (Lipinski definition) is 1. The Morgan fingerprint density at radius 2 is 1.91 bits per heavy atom. The van der Waals surface area contributed by atoms with Crippen LogP contribution in [0.3, 0.4) is 0 Å². The van der Waals surface area contributed by atoms with Crippen LogP contribution in [0.25, 0.3) is 0 Å². The number of rotatable bonds is 9. The van der Waals surface area contributed by atoms with Gasteiger partial charge in [-0.25, -0.2) is 4.99 Å². The van der Waals surface area contributed by atoms with Crippen molar-refractivity contribution in [2.45, 2.75) is 46.0 Å². The van der Waals surface area contributed by atoms with Gasteiger partial charge in [-0.15, -0.1) is 0 Å². The third-order valence-electron chi connectivity index (χ3n) is 5.31. The van der Waals surface area contributed by atoms with E-state index >= 15 is 0 Å². The van der Waals surface area contributed by atoms with Crippen LogP contribution in [-0.4, -0.2) is 48.4 Å². The van der Waals surface area contributed by atoms with Gasteiger partial charge in [0.2, 0.25) is 5.91 Å². The highest BCUT2D eigenvalue weighted by Gasteiger charge is 2.20. The molecule has 1 fully saturated rings. The lowest BCUT2D eigenvalue weighted by Gasteiger charge is -2.23. The topological polar surface area (TPSA) is 57.2 Å². The standard InChI is InChI=1S/C24H30F2N4O2/c1-3-27-24(29(2)16-18-10-12-21(13-11-18)32-23(25)26)28-15-19-7-4-5-8-20(19)17-30-14-6-9-22(30)31/h4-5,7-8,10-13,23H,3,6,9,14-17H2,1-2H3,(H,27,28). The van der Waals surface area contributed by atoms with Crippen molar-refractivity contribution in [1.29, 1.82) is 0 Å². The highest BCUT2D eigenvalue weighted by atomic mass is 19.3. The van der Waals surface area contributed by atoms with E-state index < -0.39 is 6.61 Å². The maximum Gasteiger partial charge on any atom is 0.387 e. The summed E-state index contributed by atoms with van der Waals surface area (Å²) >= 11 is 0. The van der Waals surface area contributed by atoms with Crippen LogP contribution in [-0.2, 0) is 24.4 Å². The van der Waals surface area contributed by atoms with Crippen LogP contribution in [0.1, 0.15) is 36.5 Å². The highest BCUT2D eigenvalue weighted by Crippen LogP contribution is 2.19. The van der Waals surface area contributed by atoms with E-state index in [4.69, 9.17) is 4.99 Å². The molecule has 2 aromatic rings. The second-order valence-electron chi connectivity index (χ2n) is 7.74. The normalized spacial score (nSPS) is 14.2. The Kier molecular flexibility index (Phi) is 8.41. The van der Waals surface area contributed by atoms with E-state index in [0.717, 1.165) is 35.6 Å². The Balaban J connectivity index is 1.67. The van der Waals surface area contributed by atoms with Gasteiger partial charge in [0.05, 0.1) is 6.54 Å². The zero-order chi connectivity index (χ0) is 22.9. The quantitative estimate of drug-likeness (QED) is 0.469. The van der Waals surface area contributed by atoms with Crippen LogP contribution < -0.4 is 10.1 Å². The molecular weight excluding hydrogens is 414 g/mol. The first kappa shape index (κ1) is 23.5. The number of benzene rings is 2. The molecule has 0 aliphatic carbocycles. The van der Waals surface area contributed by atoms with Crippen molar-refractivity contribution in [1.82, 2.24) is 15.1 Å². The number of carbonyl (C=O) groups excluding carboxylic acids is 1. The highest BCUT2D eigenvalue weighted by molar-refractivity contribution is 5.80. The van der Waals surface area contributed by atoms with Gasteiger partial charge in [-0.1, -0.05) is 36.4 Å². The number of halogens is 2. The average molecular weight is 445 g/mol. The molecule has 0 spiro atoms. The van der Waals surface area contributed by atoms with Crippen molar-refractivity contribution in [2.75, 3.05) is 20.1 Å². The first-order valence-corrected chi connectivity index (χ1v) is 10.8. The first-order chi connectivity index (χ1) is 15.5. The largest absolute Gasteiger partial charge is 0.435 e.